The third-order valence-corrected chi connectivity index (χ3v) is 5.48. The van der Waals surface area contributed by atoms with E-state index in [1.54, 1.807) is 46.2 Å². The molecule has 1 radical (unpaired) electrons. The molecule has 10 heteroatoms. The van der Waals surface area contributed by atoms with E-state index in [1.807, 2.05) is 24.3 Å². The topological polar surface area (TPSA) is 88.8 Å². The van der Waals surface area contributed by atoms with Gasteiger partial charge >= 0.3 is 0 Å². The molecule has 1 aliphatic heterocycles. The number of aromatic nitrogens is 5. The summed E-state index contributed by atoms with van der Waals surface area (Å²) in [6, 6.07) is 15.3. The summed E-state index contributed by atoms with van der Waals surface area (Å²) >= 11 is 6.40. The molecule has 4 heterocycles. The minimum absolute atomic E-state index is 0. The maximum atomic E-state index is 13.5. The van der Waals surface area contributed by atoms with Crippen LogP contribution in [0.1, 0.15) is 23.2 Å². The number of hydrogen-bond donors (Lipinski definition) is 1. The molecular weight excluding hydrogens is 449 g/mol. The van der Waals surface area contributed by atoms with Gasteiger partial charge in [0.05, 0.1) is 16.8 Å². The number of piperidine rings is 1. The second-order valence-electron chi connectivity index (χ2n) is 7.19. The third kappa shape index (κ3) is 4.17. The number of hydrogen-bond acceptors (Lipinski definition) is 6. The van der Waals surface area contributed by atoms with Crippen LogP contribution in [0.4, 0.5) is 5.82 Å². The highest BCUT2D eigenvalue weighted by Gasteiger charge is 2.31. The maximum Gasteiger partial charge on any atom is 0.260 e. The quantitative estimate of drug-likeness (QED) is 0.489. The van der Waals surface area contributed by atoms with Gasteiger partial charge in [0, 0.05) is 24.5 Å². The molecule has 32 heavy (non-hydrogen) atoms. The van der Waals surface area contributed by atoms with Crippen molar-refractivity contribution in [2.24, 2.45) is 0 Å². The van der Waals surface area contributed by atoms with Crippen LogP contribution >= 0.6 is 24.0 Å². The molecule has 3 aromatic heterocycles. The fourth-order valence-corrected chi connectivity index (χ4v) is 3.88. The Kier molecular flexibility index (Phi) is 6.64. The van der Waals surface area contributed by atoms with Crippen LogP contribution in [0.15, 0.2) is 60.9 Å². The van der Waals surface area contributed by atoms with E-state index in [9.17, 15) is 4.79 Å². The fraction of sp³-hybridized carbons (Fsp3) is 0.182. The summed E-state index contributed by atoms with van der Waals surface area (Å²) in [5.74, 6) is 0.274. The molecule has 0 saturated carbocycles. The Morgan fingerprint density at radius 2 is 1.84 bits per heavy atom. The molecule has 5 rings (SSSR count). The monoisotopic (exact) mass is 468 g/mol. The van der Waals surface area contributed by atoms with Crippen LogP contribution in [0.25, 0.3) is 16.9 Å². The van der Waals surface area contributed by atoms with Crippen molar-refractivity contribution in [2.45, 2.75) is 12.8 Å². The lowest BCUT2D eigenvalue weighted by Gasteiger charge is -2.33. The van der Waals surface area contributed by atoms with Gasteiger partial charge in [-0.2, -0.15) is 4.68 Å². The summed E-state index contributed by atoms with van der Waals surface area (Å²) in [7, 11) is 0. The number of fused-ring (bicyclic) bond motifs is 1. The van der Waals surface area contributed by atoms with Gasteiger partial charge in [-0.25, -0.2) is 9.97 Å². The second-order valence-corrected chi connectivity index (χ2v) is 7.60. The molecule has 0 unspecified atom stereocenters. The molecule has 0 bridgehead atoms. The Hall–Kier alpha value is -3.07. The van der Waals surface area contributed by atoms with Crippen LogP contribution < -0.4 is 10.2 Å². The Bertz CT molecular complexity index is 1220. The highest BCUT2D eigenvalue weighted by molar-refractivity contribution is 6.33. The van der Waals surface area contributed by atoms with Gasteiger partial charge < -0.3 is 5.32 Å². The first-order chi connectivity index (χ1) is 15.2. The molecule has 0 atom stereocenters. The van der Waals surface area contributed by atoms with Crippen molar-refractivity contribution in [3.63, 3.8) is 0 Å². The highest BCUT2D eigenvalue weighted by atomic mass is 35.5. The van der Waals surface area contributed by atoms with Crippen molar-refractivity contribution >= 4 is 46.9 Å². The lowest BCUT2D eigenvalue weighted by molar-refractivity contribution is 0.0985. The molecule has 1 aliphatic rings. The highest BCUT2D eigenvalue weighted by Crippen LogP contribution is 2.31. The largest absolute Gasteiger partial charge is 0.314 e. The van der Waals surface area contributed by atoms with E-state index in [2.05, 4.69) is 25.6 Å². The van der Waals surface area contributed by atoms with Gasteiger partial charge in [-0.15, -0.1) is 17.5 Å². The molecular formula is C22H20Cl2N7O. The van der Waals surface area contributed by atoms with E-state index in [-0.39, 0.29) is 18.3 Å². The van der Waals surface area contributed by atoms with Gasteiger partial charge in [-0.05, 0) is 67.9 Å². The standard InChI is InChI=1S/C22H19ClN7O.ClH/c23-18-5-2-12-25-20(18)29(17-4-1-11-24-14-17)22(31)15-7-9-16(10-8-15)30-21-19(27-28-30)6-3-13-26-21;/h2-3,5-10,12-13,24H,1,4,11,14H2;1H. The first-order valence-corrected chi connectivity index (χ1v) is 10.4. The van der Waals surface area contributed by atoms with Crippen LogP contribution in [-0.2, 0) is 0 Å². The van der Waals surface area contributed by atoms with E-state index in [1.165, 1.54) is 0 Å². The number of nitrogens with one attached hydrogen (secondary N) is 1. The van der Waals surface area contributed by atoms with Crippen molar-refractivity contribution in [3.8, 4) is 5.69 Å². The van der Waals surface area contributed by atoms with Crippen LogP contribution in [-0.4, -0.2) is 44.0 Å². The van der Waals surface area contributed by atoms with Crippen molar-refractivity contribution in [3.05, 3.63) is 77.6 Å². The summed E-state index contributed by atoms with van der Waals surface area (Å²) in [5.41, 5.74) is 2.67. The van der Waals surface area contributed by atoms with E-state index in [4.69, 9.17) is 11.6 Å². The van der Waals surface area contributed by atoms with Gasteiger partial charge in [-0.3, -0.25) is 9.69 Å². The molecule has 1 saturated heterocycles. The van der Waals surface area contributed by atoms with Crippen molar-refractivity contribution in [2.75, 3.05) is 18.0 Å². The summed E-state index contributed by atoms with van der Waals surface area (Å²) in [4.78, 5) is 23.9. The minimum Gasteiger partial charge on any atom is -0.314 e. The lowest BCUT2D eigenvalue weighted by Crippen LogP contribution is -2.43. The molecule has 0 spiro atoms. The predicted molar refractivity (Wildman–Crippen MR) is 125 cm³/mol. The molecule has 1 fully saturated rings. The SMILES string of the molecule is Cl.O=C(c1ccc(-n2nnc3cccnc32)cc1)N([C]1CCCNC1)c1ncccc1Cl. The summed E-state index contributed by atoms with van der Waals surface area (Å²) < 4.78 is 1.65. The Labute approximate surface area is 196 Å². The van der Waals surface area contributed by atoms with E-state index >= 15 is 0 Å². The van der Waals surface area contributed by atoms with Crippen molar-refractivity contribution in [1.29, 1.82) is 0 Å². The van der Waals surface area contributed by atoms with Crippen LogP contribution in [0.5, 0.6) is 0 Å². The normalized spacial score (nSPS) is 14.2. The van der Waals surface area contributed by atoms with Gasteiger partial charge in [0.25, 0.3) is 5.91 Å². The molecule has 1 aromatic carbocycles. The number of nitrogens with zero attached hydrogens (tertiary/aromatic N) is 6. The molecule has 1 N–H and O–H groups in total. The smallest absolute Gasteiger partial charge is 0.260 e. The number of carbonyl (C=O) groups excluding carboxylic acids is 1. The number of carbonyl (C=O) groups is 1. The number of amides is 1. The van der Waals surface area contributed by atoms with Gasteiger partial charge in [0.2, 0.25) is 0 Å². The number of halogens is 2. The minimum atomic E-state index is -0.174. The number of pyridine rings is 2. The van der Waals surface area contributed by atoms with E-state index in [0.717, 1.165) is 31.1 Å². The van der Waals surface area contributed by atoms with E-state index in [0.29, 0.717) is 34.1 Å². The van der Waals surface area contributed by atoms with E-state index < -0.39 is 0 Å². The van der Waals surface area contributed by atoms with Crippen LogP contribution in [0.3, 0.4) is 0 Å². The van der Waals surface area contributed by atoms with Crippen molar-refractivity contribution < 1.29 is 4.79 Å². The van der Waals surface area contributed by atoms with Gasteiger partial charge in [0.1, 0.15) is 5.52 Å². The average molecular weight is 469 g/mol. The molecule has 8 nitrogen and oxygen atoms in total. The zero-order valence-corrected chi connectivity index (χ0v) is 18.6. The third-order valence-electron chi connectivity index (χ3n) is 5.19. The Balaban J connectivity index is 0.00000245. The summed E-state index contributed by atoms with van der Waals surface area (Å²) in [6.07, 6.45) is 5.10. The predicted octanol–water partition coefficient (Wildman–Crippen LogP) is 3.85. The average Bonchev–Trinajstić information content (AvgIpc) is 3.25. The van der Waals surface area contributed by atoms with Gasteiger partial charge in [0.15, 0.2) is 11.5 Å². The zero-order chi connectivity index (χ0) is 21.2. The molecule has 4 aromatic rings. The number of rotatable bonds is 4. The summed E-state index contributed by atoms with van der Waals surface area (Å²) in [6.45, 7) is 1.55. The first kappa shape index (κ1) is 22.1. The maximum absolute atomic E-state index is 13.5. The fourth-order valence-electron chi connectivity index (χ4n) is 3.67. The van der Waals surface area contributed by atoms with Crippen LogP contribution in [0.2, 0.25) is 5.02 Å². The van der Waals surface area contributed by atoms with Crippen molar-refractivity contribution in [1.82, 2.24) is 30.3 Å². The molecule has 1 amide bonds. The Morgan fingerprint density at radius 3 is 2.59 bits per heavy atom. The van der Waals surface area contributed by atoms with Gasteiger partial charge in [-0.1, -0.05) is 16.8 Å². The lowest BCUT2D eigenvalue weighted by atomic mass is 10.0. The zero-order valence-electron chi connectivity index (χ0n) is 17.0. The molecule has 0 aliphatic carbocycles. The number of anilines is 1. The number of benzene rings is 1. The van der Waals surface area contributed by atoms with Crippen LogP contribution in [0, 0.1) is 6.04 Å². The second kappa shape index (κ2) is 9.60. The first-order valence-electron chi connectivity index (χ1n) is 9.99. The molecule has 163 valence electrons. The summed E-state index contributed by atoms with van der Waals surface area (Å²) in [5, 5.41) is 12.1. The Morgan fingerprint density at radius 1 is 1.06 bits per heavy atom.